The van der Waals surface area contributed by atoms with Gasteiger partial charge in [0, 0.05) is 34.7 Å². The molecule has 132 valence electrons. The quantitative estimate of drug-likeness (QED) is 0.542. The fourth-order valence-electron chi connectivity index (χ4n) is 3.91. The Morgan fingerprint density at radius 3 is 2.73 bits per heavy atom. The van der Waals surface area contributed by atoms with Gasteiger partial charge in [-0.3, -0.25) is 0 Å². The summed E-state index contributed by atoms with van der Waals surface area (Å²) in [6, 6.07) is 15.0. The molecular formula is C20H17NO5. The predicted molar refractivity (Wildman–Crippen MR) is 97.1 cm³/mol. The summed E-state index contributed by atoms with van der Waals surface area (Å²) in [4.78, 5) is 11.6. The van der Waals surface area contributed by atoms with Crippen LogP contribution in [0.15, 0.2) is 57.7 Å². The Bertz CT molecular complexity index is 1190. The van der Waals surface area contributed by atoms with Gasteiger partial charge in [-0.1, -0.05) is 18.2 Å². The minimum Gasteiger partial charge on any atom is -0.423 e. The molecule has 4 aromatic rings. The molecule has 2 aromatic carbocycles. The molecule has 0 radical (unpaired) electrons. The van der Waals surface area contributed by atoms with E-state index in [0.29, 0.717) is 12.0 Å². The lowest BCUT2D eigenvalue weighted by molar-refractivity contribution is -0.0416. The maximum absolute atomic E-state index is 11.6. The SMILES string of the molecule is O=c1ccc2cc3c4ccccc4n([C@H]4CC(O)[C@@H](CO)O4)c3cc2o1. The molecule has 3 atom stereocenters. The lowest BCUT2D eigenvalue weighted by Gasteiger charge is -2.16. The predicted octanol–water partition coefficient (Wildman–Crippen LogP) is 2.54. The van der Waals surface area contributed by atoms with Gasteiger partial charge in [-0.2, -0.15) is 0 Å². The zero-order valence-electron chi connectivity index (χ0n) is 13.8. The molecule has 6 nitrogen and oxygen atoms in total. The number of fused-ring (bicyclic) bond motifs is 4. The van der Waals surface area contributed by atoms with Crippen molar-refractivity contribution in [3.63, 3.8) is 0 Å². The van der Waals surface area contributed by atoms with E-state index in [0.717, 1.165) is 27.2 Å². The molecule has 5 rings (SSSR count). The summed E-state index contributed by atoms with van der Waals surface area (Å²) in [6.45, 7) is -0.230. The molecule has 6 heteroatoms. The van der Waals surface area contributed by atoms with Crippen LogP contribution in [0.3, 0.4) is 0 Å². The number of hydrogen-bond acceptors (Lipinski definition) is 5. The molecule has 1 aliphatic heterocycles. The Labute approximate surface area is 147 Å². The maximum Gasteiger partial charge on any atom is 0.336 e. The molecule has 0 amide bonds. The molecule has 1 unspecified atom stereocenters. The molecule has 1 fully saturated rings. The van der Waals surface area contributed by atoms with Crippen LogP contribution in [0.25, 0.3) is 32.8 Å². The van der Waals surface area contributed by atoms with Gasteiger partial charge in [-0.15, -0.1) is 0 Å². The summed E-state index contributed by atoms with van der Waals surface area (Å²) in [5.41, 5.74) is 1.94. The minimum atomic E-state index is -0.723. The number of para-hydroxylation sites is 1. The van der Waals surface area contributed by atoms with E-state index in [4.69, 9.17) is 9.15 Å². The first-order valence-electron chi connectivity index (χ1n) is 8.56. The average molecular weight is 351 g/mol. The van der Waals surface area contributed by atoms with E-state index in [9.17, 15) is 15.0 Å². The van der Waals surface area contributed by atoms with Crippen LogP contribution in [0.5, 0.6) is 0 Å². The topological polar surface area (TPSA) is 84.8 Å². The zero-order chi connectivity index (χ0) is 17.8. The second-order valence-electron chi connectivity index (χ2n) is 6.66. The summed E-state index contributed by atoms with van der Waals surface area (Å²) in [7, 11) is 0. The lowest BCUT2D eigenvalue weighted by atomic mass is 10.1. The van der Waals surface area contributed by atoms with Gasteiger partial charge in [0.05, 0.1) is 23.7 Å². The Hall–Kier alpha value is -2.67. The largest absolute Gasteiger partial charge is 0.423 e. The Balaban J connectivity index is 1.83. The third-order valence-corrected chi connectivity index (χ3v) is 5.12. The van der Waals surface area contributed by atoms with Crippen LogP contribution in [0, 0.1) is 0 Å². The van der Waals surface area contributed by atoms with Crippen LogP contribution in [-0.2, 0) is 4.74 Å². The smallest absolute Gasteiger partial charge is 0.336 e. The summed E-state index contributed by atoms with van der Waals surface area (Å²) < 4.78 is 13.2. The van der Waals surface area contributed by atoms with Gasteiger partial charge in [0.1, 0.15) is 17.9 Å². The highest BCUT2D eigenvalue weighted by Crippen LogP contribution is 2.38. The first-order valence-corrected chi connectivity index (χ1v) is 8.56. The first kappa shape index (κ1) is 15.6. The van der Waals surface area contributed by atoms with E-state index in [2.05, 4.69) is 0 Å². The number of aliphatic hydroxyl groups excluding tert-OH is 2. The van der Waals surface area contributed by atoms with Crippen molar-refractivity contribution in [2.75, 3.05) is 6.61 Å². The highest BCUT2D eigenvalue weighted by Gasteiger charge is 2.35. The van der Waals surface area contributed by atoms with Gasteiger partial charge in [-0.25, -0.2) is 4.79 Å². The van der Waals surface area contributed by atoms with Crippen molar-refractivity contribution in [1.29, 1.82) is 0 Å². The fourth-order valence-corrected chi connectivity index (χ4v) is 3.91. The van der Waals surface area contributed by atoms with Crippen molar-refractivity contribution in [1.82, 2.24) is 4.57 Å². The number of rotatable bonds is 2. The average Bonchev–Trinajstić information content (AvgIpc) is 3.16. The molecule has 0 spiro atoms. The molecule has 2 N–H and O–H groups in total. The molecule has 0 saturated carbocycles. The monoisotopic (exact) mass is 351 g/mol. The molecular weight excluding hydrogens is 334 g/mol. The standard InChI is InChI=1S/C20H17NO5/c22-10-18-16(23)9-19(25-18)21-14-4-2-1-3-12(14)13-7-11-5-6-20(24)26-17(11)8-15(13)21/h1-8,16,18-19,22-23H,9-10H2/t16?,18-,19-/m1/s1. The summed E-state index contributed by atoms with van der Waals surface area (Å²) in [6.07, 6.45) is -1.35. The molecule has 1 aliphatic rings. The van der Waals surface area contributed by atoms with Crippen molar-refractivity contribution in [3.8, 4) is 0 Å². The van der Waals surface area contributed by atoms with E-state index < -0.39 is 24.1 Å². The summed E-state index contributed by atoms with van der Waals surface area (Å²) in [5, 5.41) is 22.5. The fraction of sp³-hybridized carbons (Fsp3) is 0.250. The third-order valence-electron chi connectivity index (χ3n) is 5.12. The zero-order valence-corrected chi connectivity index (χ0v) is 13.8. The molecule has 26 heavy (non-hydrogen) atoms. The number of nitrogens with zero attached hydrogens (tertiary/aromatic N) is 1. The second-order valence-corrected chi connectivity index (χ2v) is 6.66. The van der Waals surface area contributed by atoms with Crippen molar-refractivity contribution in [2.24, 2.45) is 0 Å². The summed E-state index contributed by atoms with van der Waals surface area (Å²) in [5.74, 6) is 0. The van der Waals surface area contributed by atoms with Crippen LogP contribution in [0.1, 0.15) is 12.6 Å². The molecule has 0 aliphatic carbocycles. The third kappa shape index (κ3) is 2.20. The van der Waals surface area contributed by atoms with Gasteiger partial charge >= 0.3 is 5.63 Å². The molecule has 2 aromatic heterocycles. The van der Waals surface area contributed by atoms with Crippen LogP contribution >= 0.6 is 0 Å². The van der Waals surface area contributed by atoms with Crippen molar-refractivity contribution < 1.29 is 19.4 Å². The minimum absolute atomic E-state index is 0.230. The number of aromatic nitrogens is 1. The Morgan fingerprint density at radius 1 is 1.08 bits per heavy atom. The van der Waals surface area contributed by atoms with Crippen LogP contribution in [-0.4, -0.2) is 33.6 Å². The second kappa shape index (κ2) is 5.67. The van der Waals surface area contributed by atoms with Gasteiger partial charge in [0.25, 0.3) is 0 Å². The highest BCUT2D eigenvalue weighted by molar-refractivity contribution is 6.11. The van der Waals surface area contributed by atoms with E-state index in [1.165, 1.54) is 6.07 Å². The first-order chi connectivity index (χ1) is 12.7. The Morgan fingerprint density at radius 2 is 1.92 bits per heavy atom. The van der Waals surface area contributed by atoms with Crippen LogP contribution in [0.4, 0.5) is 0 Å². The van der Waals surface area contributed by atoms with E-state index in [-0.39, 0.29) is 6.61 Å². The Kier molecular flexibility index (Phi) is 3.40. The normalized spacial score (nSPS) is 23.4. The van der Waals surface area contributed by atoms with Crippen molar-refractivity contribution >= 4 is 32.8 Å². The van der Waals surface area contributed by atoms with Crippen molar-refractivity contribution in [3.05, 3.63) is 59.0 Å². The lowest BCUT2D eigenvalue weighted by Crippen LogP contribution is -2.24. The highest BCUT2D eigenvalue weighted by atomic mass is 16.5. The van der Waals surface area contributed by atoms with Gasteiger partial charge in [-0.05, 0) is 18.2 Å². The molecule has 3 heterocycles. The number of ether oxygens (including phenoxy) is 1. The van der Waals surface area contributed by atoms with E-state index >= 15 is 0 Å². The van der Waals surface area contributed by atoms with Gasteiger partial charge in [0.2, 0.25) is 0 Å². The van der Waals surface area contributed by atoms with Gasteiger partial charge in [0.15, 0.2) is 0 Å². The number of benzene rings is 2. The molecule has 1 saturated heterocycles. The molecule has 0 bridgehead atoms. The van der Waals surface area contributed by atoms with Crippen molar-refractivity contribution in [2.45, 2.75) is 24.9 Å². The van der Waals surface area contributed by atoms with E-state index in [1.807, 2.05) is 41.0 Å². The number of hydrogen-bond donors (Lipinski definition) is 2. The van der Waals surface area contributed by atoms with Crippen LogP contribution in [0.2, 0.25) is 0 Å². The summed E-state index contributed by atoms with van der Waals surface area (Å²) >= 11 is 0. The van der Waals surface area contributed by atoms with Gasteiger partial charge < -0.3 is 23.9 Å². The maximum atomic E-state index is 11.6. The van der Waals surface area contributed by atoms with E-state index in [1.54, 1.807) is 6.07 Å². The number of aliphatic hydroxyl groups is 2. The van der Waals surface area contributed by atoms with Crippen LogP contribution < -0.4 is 5.63 Å².